The van der Waals surface area contributed by atoms with E-state index in [1.165, 1.54) is 31.0 Å². The van der Waals surface area contributed by atoms with Crippen LogP contribution in [-0.4, -0.2) is 17.3 Å². The van der Waals surface area contributed by atoms with E-state index < -0.39 is 0 Å². The van der Waals surface area contributed by atoms with E-state index >= 15 is 0 Å². The zero-order chi connectivity index (χ0) is 12.2. The second kappa shape index (κ2) is 10.7. The van der Waals surface area contributed by atoms with Gasteiger partial charge in [-0.1, -0.05) is 37.1 Å². The molecule has 0 heterocycles. The van der Waals surface area contributed by atoms with Crippen molar-refractivity contribution in [3.05, 3.63) is 12.7 Å². The number of rotatable bonds is 8. The Labute approximate surface area is 103 Å². The molecule has 0 unspecified atom stereocenters. The minimum atomic E-state index is -0.0366. The van der Waals surface area contributed by atoms with Crippen LogP contribution < -0.4 is 5.32 Å². The quantitative estimate of drug-likeness (QED) is 0.297. The highest BCUT2D eigenvalue weighted by atomic mass is 32.2. The van der Waals surface area contributed by atoms with Crippen LogP contribution in [0.4, 0.5) is 0 Å². The molecule has 0 aromatic heterocycles. The maximum atomic E-state index is 11.3. The SMILES string of the molecule is C=CCCCCCCCC(=O)NC(=N)SC. The van der Waals surface area contributed by atoms with Gasteiger partial charge in [0.2, 0.25) is 5.91 Å². The van der Waals surface area contributed by atoms with Gasteiger partial charge in [0, 0.05) is 6.42 Å². The number of nitrogens with one attached hydrogen (secondary N) is 2. The smallest absolute Gasteiger partial charge is 0.225 e. The summed E-state index contributed by atoms with van der Waals surface area (Å²) in [5, 5.41) is 10.0. The van der Waals surface area contributed by atoms with Crippen molar-refractivity contribution < 1.29 is 4.79 Å². The highest BCUT2D eigenvalue weighted by molar-refractivity contribution is 8.13. The Kier molecular flexibility index (Phi) is 10.2. The van der Waals surface area contributed by atoms with Gasteiger partial charge >= 0.3 is 0 Å². The van der Waals surface area contributed by atoms with Gasteiger partial charge in [-0.3, -0.25) is 10.2 Å². The standard InChI is InChI=1S/C12H22N2OS/c1-3-4-5-6-7-8-9-10-11(15)14-12(13)16-2/h3H,1,4-10H2,2H3,(H2,13,14,15). The number of hydrogen-bond acceptors (Lipinski definition) is 3. The zero-order valence-corrected chi connectivity index (χ0v) is 10.9. The Morgan fingerprint density at radius 3 is 2.56 bits per heavy atom. The maximum absolute atomic E-state index is 11.3. The zero-order valence-electron chi connectivity index (χ0n) is 10.1. The summed E-state index contributed by atoms with van der Waals surface area (Å²) in [6.45, 7) is 3.68. The molecule has 0 aromatic rings. The molecule has 0 aliphatic heterocycles. The molecule has 3 nitrogen and oxygen atoms in total. The van der Waals surface area contributed by atoms with Crippen LogP contribution in [0.15, 0.2) is 12.7 Å². The van der Waals surface area contributed by atoms with Crippen molar-refractivity contribution >= 4 is 22.8 Å². The van der Waals surface area contributed by atoms with E-state index in [0.717, 1.165) is 19.3 Å². The first-order valence-corrected chi connectivity index (χ1v) is 6.96. The van der Waals surface area contributed by atoms with Crippen LogP contribution >= 0.6 is 11.8 Å². The molecule has 0 fully saturated rings. The largest absolute Gasteiger partial charge is 0.306 e. The lowest BCUT2D eigenvalue weighted by Crippen LogP contribution is -2.26. The van der Waals surface area contributed by atoms with Crippen LogP contribution in [0.5, 0.6) is 0 Å². The fourth-order valence-corrected chi connectivity index (χ4v) is 1.56. The Morgan fingerprint density at radius 1 is 1.31 bits per heavy atom. The topological polar surface area (TPSA) is 53.0 Å². The lowest BCUT2D eigenvalue weighted by atomic mass is 10.1. The van der Waals surface area contributed by atoms with Crippen molar-refractivity contribution in [3.63, 3.8) is 0 Å². The van der Waals surface area contributed by atoms with Crippen molar-refractivity contribution in [1.29, 1.82) is 5.41 Å². The molecule has 0 bridgehead atoms. The minimum absolute atomic E-state index is 0.0366. The summed E-state index contributed by atoms with van der Waals surface area (Å²) in [7, 11) is 0. The van der Waals surface area contributed by atoms with Gasteiger partial charge in [-0.2, -0.15) is 0 Å². The Bertz CT molecular complexity index is 229. The number of hydrogen-bond donors (Lipinski definition) is 2. The first-order valence-electron chi connectivity index (χ1n) is 5.74. The molecular weight excluding hydrogens is 220 g/mol. The second-order valence-corrected chi connectivity index (χ2v) is 4.49. The number of amidine groups is 1. The molecule has 16 heavy (non-hydrogen) atoms. The maximum Gasteiger partial charge on any atom is 0.225 e. The van der Waals surface area contributed by atoms with Gasteiger partial charge in [0.1, 0.15) is 0 Å². The molecule has 0 radical (unpaired) electrons. The van der Waals surface area contributed by atoms with Crippen molar-refractivity contribution in [3.8, 4) is 0 Å². The van der Waals surface area contributed by atoms with Crippen molar-refractivity contribution in [1.82, 2.24) is 5.32 Å². The summed E-state index contributed by atoms with van der Waals surface area (Å²) in [6.07, 6.45) is 11.0. The van der Waals surface area contributed by atoms with E-state index in [0.29, 0.717) is 6.42 Å². The molecule has 92 valence electrons. The summed E-state index contributed by atoms with van der Waals surface area (Å²) in [4.78, 5) is 11.3. The van der Waals surface area contributed by atoms with Crippen molar-refractivity contribution in [2.45, 2.75) is 44.9 Å². The first kappa shape index (κ1) is 15.2. The number of unbranched alkanes of at least 4 members (excludes halogenated alkanes) is 5. The Balaban J connectivity index is 3.27. The molecule has 0 atom stereocenters. The van der Waals surface area contributed by atoms with Crippen molar-refractivity contribution in [2.24, 2.45) is 0 Å². The summed E-state index contributed by atoms with van der Waals surface area (Å²) < 4.78 is 0. The van der Waals surface area contributed by atoms with E-state index in [4.69, 9.17) is 5.41 Å². The lowest BCUT2D eigenvalue weighted by Gasteiger charge is -2.03. The first-order chi connectivity index (χ1) is 7.70. The number of carbonyl (C=O) groups is 1. The average Bonchev–Trinajstić information content (AvgIpc) is 2.27. The molecule has 0 aliphatic carbocycles. The number of amides is 1. The van der Waals surface area contributed by atoms with E-state index in [1.54, 1.807) is 6.26 Å². The normalized spacial score (nSPS) is 9.81. The molecule has 4 heteroatoms. The monoisotopic (exact) mass is 242 g/mol. The highest BCUT2D eigenvalue weighted by Crippen LogP contribution is 2.07. The second-order valence-electron chi connectivity index (χ2n) is 3.68. The third-order valence-corrected chi connectivity index (χ3v) is 2.78. The van der Waals surface area contributed by atoms with E-state index in [-0.39, 0.29) is 11.1 Å². The molecular formula is C12H22N2OS. The van der Waals surface area contributed by atoms with E-state index in [9.17, 15) is 4.79 Å². The average molecular weight is 242 g/mol. The summed E-state index contributed by atoms with van der Waals surface area (Å²) in [5.74, 6) is -0.0366. The highest BCUT2D eigenvalue weighted by Gasteiger charge is 2.02. The van der Waals surface area contributed by atoms with Crippen LogP contribution in [0.3, 0.4) is 0 Å². The number of carbonyl (C=O) groups excluding carboxylic acids is 1. The third kappa shape index (κ3) is 9.77. The molecule has 1 amide bonds. The molecule has 0 aliphatic rings. The Morgan fingerprint density at radius 2 is 1.94 bits per heavy atom. The van der Waals surface area contributed by atoms with Crippen LogP contribution in [0, 0.1) is 5.41 Å². The molecule has 0 aromatic carbocycles. The summed E-state index contributed by atoms with van der Waals surface area (Å²) in [6, 6.07) is 0. The minimum Gasteiger partial charge on any atom is -0.306 e. The van der Waals surface area contributed by atoms with Gasteiger partial charge in [0.25, 0.3) is 0 Å². The summed E-state index contributed by atoms with van der Waals surface area (Å²) in [5.41, 5.74) is 0. The molecule has 0 saturated carbocycles. The molecule has 0 rings (SSSR count). The fraction of sp³-hybridized carbons (Fsp3) is 0.667. The van der Waals surface area contributed by atoms with E-state index in [2.05, 4.69) is 11.9 Å². The predicted molar refractivity (Wildman–Crippen MR) is 71.9 cm³/mol. The fourth-order valence-electron chi connectivity index (χ4n) is 1.34. The molecule has 0 saturated heterocycles. The third-order valence-electron chi connectivity index (χ3n) is 2.27. The van der Waals surface area contributed by atoms with Gasteiger partial charge < -0.3 is 5.32 Å². The van der Waals surface area contributed by atoms with E-state index in [1.807, 2.05) is 6.08 Å². The van der Waals surface area contributed by atoms with Gasteiger partial charge in [-0.15, -0.1) is 6.58 Å². The number of allylic oxidation sites excluding steroid dienone is 1. The predicted octanol–water partition coefficient (Wildman–Crippen LogP) is 3.32. The van der Waals surface area contributed by atoms with Crippen LogP contribution in [0.2, 0.25) is 0 Å². The van der Waals surface area contributed by atoms with Gasteiger partial charge in [0.15, 0.2) is 5.17 Å². The van der Waals surface area contributed by atoms with Crippen LogP contribution in [0.25, 0.3) is 0 Å². The molecule has 0 spiro atoms. The lowest BCUT2D eigenvalue weighted by molar-refractivity contribution is -0.119. The number of thioether (sulfide) groups is 1. The Hall–Kier alpha value is -0.770. The van der Waals surface area contributed by atoms with Crippen LogP contribution in [0.1, 0.15) is 44.9 Å². The van der Waals surface area contributed by atoms with Gasteiger partial charge in [-0.05, 0) is 25.5 Å². The van der Waals surface area contributed by atoms with Crippen molar-refractivity contribution in [2.75, 3.05) is 6.26 Å². The van der Waals surface area contributed by atoms with Crippen LogP contribution in [-0.2, 0) is 4.79 Å². The molecule has 2 N–H and O–H groups in total. The van der Waals surface area contributed by atoms with Gasteiger partial charge in [-0.25, -0.2) is 0 Å². The van der Waals surface area contributed by atoms with Gasteiger partial charge in [0.05, 0.1) is 0 Å². The summed E-state index contributed by atoms with van der Waals surface area (Å²) >= 11 is 1.25.